The van der Waals surface area contributed by atoms with Gasteiger partial charge in [-0.05, 0) is 26.0 Å². The predicted octanol–water partition coefficient (Wildman–Crippen LogP) is 2.59. The lowest BCUT2D eigenvalue weighted by Gasteiger charge is -2.11. The van der Waals surface area contributed by atoms with Gasteiger partial charge >= 0.3 is 5.97 Å². The molecule has 0 unspecified atom stereocenters. The first-order chi connectivity index (χ1) is 9.04. The minimum atomic E-state index is -0.436. The molecule has 19 heavy (non-hydrogen) atoms. The zero-order valence-corrected chi connectivity index (χ0v) is 11.4. The fraction of sp³-hybridized carbons (Fsp3) is 0.231. The number of benzene rings is 1. The van der Waals surface area contributed by atoms with Crippen molar-refractivity contribution < 1.29 is 9.53 Å². The Morgan fingerprint density at radius 1 is 1.53 bits per heavy atom. The lowest BCUT2D eigenvalue weighted by Crippen LogP contribution is -2.12. The molecule has 1 aromatic carbocycles. The Hall–Kier alpha value is -2.01. The van der Waals surface area contributed by atoms with Gasteiger partial charge < -0.3 is 10.5 Å². The Morgan fingerprint density at radius 2 is 2.26 bits per heavy atom. The van der Waals surface area contributed by atoms with Crippen LogP contribution in [0.4, 0.5) is 5.69 Å². The van der Waals surface area contributed by atoms with Crippen LogP contribution in [0.15, 0.2) is 24.4 Å². The van der Waals surface area contributed by atoms with E-state index in [0.29, 0.717) is 34.3 Å². The van der Waals surface area contributed by atoms with Gasteiger partial charge in [0.25, 0.3) is 0 Å². The molecule has 0 aliphatic heterocycles. The van der Waals surface area contributed by atoms with Crippen LogP contribution in [0.3, 0.4) is 0 Å². The van der Waals surface area contributed by atoms with Crippen LogP contribution >= 0.6 is 11.6 Å². The average Bonchev–Trinajstić information content (AvgIpc) is 2.69. The molecule has 5 nitrogen and oxygen atoms in total. The van der Waals surface area contributed by atoms with Gasteiger partial charge in [0.15, 0.2) is 0 Å². The van der Waals surface area contributed by atoms with Crippen LogP contribution in [-0.4, -0.2) is 22.4 Å². The Bertz CT molecular complexity index is 603. The largest absolute Gasteiger partial charge is 0.462 e. The number of nitrogen functional groups attached to an aromatic ring is 1. The molecule has 2 N–H and O–H groups in total. The van der Waals surface area contributed by atoms with Crippen LogP contribution in [0.2, 0.25) is 5.02 Å². The molecule has 0 aliphatic rings. The van der Waals surface area contributed by atoms with Crippen LogP contribution in [0.25, 0.3) is 5.69 Å². The summed E-state index contributed by atoms with van der Waals surface area (Å²) in [7, 11) is 0. The highest BCUT2D eigenvalue weighted by molar-refractivity contribution is 6.31. The zero-order valence-electron chi connectivity index (χ0n) is 10.7. The summed E-state index contributed by atoms with van der Waals surface area (Å²) < 4.78 is 6.51. The summed E-state index contributed by atoms with van der Waals surface area (Å²) in [6, 6.07) is 5.04. The minimum absolute atomic E-state index is 0.298. The van der Waals surface area contributed by atoms with Crippen molar-refractivity contribution in [2.24, 2.45) is 0 Å². The van der Waals surface area contributed by atoms with Gasteiger partial charge in [-0.3, -0.25) is 0 Å². The third-order valence-electron chi connectivity index (χ3n) is 2.63. The smallest absolute Gasteiger partial charge is 0.340 e. The van der Waals surface area contributed by atoms with Gasteiger partial charge in [-0.2, -0.15) is 5.10 Å². The number of anilines is 1. The molecule has 0 saturated carbocycles. The van der Waals surface area contributed by atoms with Crippen LogP contribution in [0.1, 0.15) is 23.0 Å². The normalized spacial score (nSPS) is 10.5. The standard InChI is InChI=1S/C13H14ClN3O2/c1-3-19-13(18)9-5-4-6-11(15)12(9)17-7-10(14)8(2)16-17/h4-7H,3,15H2,1-2H3. The maximum absolute atomic E-state index is 11.9. The Labute approximate surface area is 115 Å². The first-order valence-electron chi connectivity index (χ1n) is 5.82. The second-order valence-electron chi connectivity index (χ2n) is 3.97. The molecular weight excluding hydrogens is 266 g/mol. The van der Waals surface area contributed by atoms with Crippen LogP contribution in [0.5, 0.6) is 0 Å². The number of aryl methyl sites for hydroxylation is 1. The average molecular weight is 280 g/mol. The fourth-order valence-corrected chi connectivity index (χ4v) is 1.87. The number of nitrogens with zero attached hydrogens (tertiary/aromatic N) is 2. The van der Waals surface area contributed by atoms with E-state index in [9.17, 15) is 4.79 Å². The molecule has 0 fully saturated rings. The summed E-state index contributed by atoms with van der Waals surface area (Å²) in [5, 5.41) is 4.75. The molecule has 100 valence electrons. The first-order valence-corrected chi connectivity index (χ1v) is 6.20. The number of esters is 1. The fourth-order valence-electron chi connectivity index (χ4n) is 1.74. The number of hydrogen-bond donors (Lipinski definition) is 1. The van der Waals surface area contributed by atoms with E-state index >= 15 is 0 Å². The number of carbonyl (C=O) groups is 1. The highest BCUT2D eigenvalue weighted by Crippen LogP contribution is 2.25. The molecule has 1 heterocycles. The number of ether oxygens (including phenoxy) is 1. The van der Waals surface area contributed by atoms with E-state index in [4.69, 9.17) is 22.1 Å². The zero-order chi connectivity index (χ0) is 14.0. The molecule has 0 bridgehead atoms. The summed E-state index contributed by atoms with van der Waals surface area (Å²) in [5.74, 6) is -0.436. The van der Waals surface area contributed by atoms with Gasteiger partial charge in [0.05, 0.1) is 28.6 Å². The molecule has 0 saturated heterocycles. The first kappa shape index (κ1) is 13.4. The molecule has 0 aliphatic carbocycles. The Kier molecular flexibility index (Phi) is 3.76. The molecule has 1 aromatic heterocycles. The van der Waals surface area contributed by atoms with Crippen molar-refractivity contribution in [3.05, 3.63) is 40.7 Å². The number of para-hydroxylation sites is 1. The molecule has 6 heteroatoms. The van der Waals surface area contributed by atoms with E-state index in [1.807, 2.05) is 0 Å². The number of nitrogens with two attached hydrogens (primary N) is 1. The SMILES string of the molecule is CCOC(=O)c1cccc(N)c1-n1cc(Cl)c(C)n1. The van der Waals surface area contributed by atoms with E-state index in [-0.39, 0.29) is 0 Å². The lowest BCUT2D eigenvalue weighted by molar-refractivity contribution is 0.0526. The van der Waals surface area contributed by atoms with Gasteiger partial charge in [-0.1, -0.05) is 17.7 Å². The van der Waals surface area contributed by atoms with Crippen molar-refractivity contribution >= 4 is 23.3 Å². The molecule has 0 spiro atoms. The summed E-state index contributed by atoms with van der Waals surface area (Å²) in [5.41, 5.74) is 7.88. The van der Waals surface area contributed by atoms with Crippen molar-refractivity contribution in [2.75, 3.05) is 12.3 Å². The summed E-state index contributed by atoms with van der Waals surface area (Å²) >= 11 is 5.98. The molecule has 0 radical (unpaired) electrons. The summed E-state index contributed by atoms with van der Waals surface area (Å²) in [4.78, 5) is 11.9. The third-order valence-corrected chi connectivity index (χ3v) is 3.00. The monoisotopic (exact) mass is 279 g/mol. The minimum Gasteiger partial charge on any atom is -0.462 e. The molecule has 0 amide bonds. The highest BCUT2D eigenvalue weighted by atomic mass is 35.5. The van der Waals surface area contributed by atoms with Crippen molar-refractivity contribution in [3.8, 4) is 5.69 Å². The topological polar surface area (TPSA) is 70.1 Å². The van der Waals surface area contributed by atoms with Gasteiger partial charge in [-0.25, -0.2) is 9.48 Å². The van der Waals surface area contributed by atoms with Crippen molar-refractivity contribution in [2.45, 2.75) is 13.8 Å². The number of aromatic nitrogens is 2. The van der Waals surface area contributed by atoms with Gasteiger partial charge in [0, 0.05) is 6.20 Å². The van der Waals surface area contributed by atoms with Gasteiger partial charge in [0.2, 0.25) is 0 Å². The summed E-state index contributed by atoms with van der Waals surface area (Å²) in [6.07, 6.45) is 1.62. The maximum Gasteiger partial charge on any atom is 0.340 e. The van der Waals surface area contributed by atoms with Crippen LogP contribution in [0, 0.1) is 6.92 Å². The molecule has 2 rings (SSSR count). The Morgan fingerprint density at radius 3 is 2.84 bits per heavy atom. The Balaban J connectivity index is 2.58. The number of carbonyl (C=O) groups excluding carboxylic acids is 1. The number of hydrogen-bond acceptors (Lipinski definition) is 4. The van der Waals surface area contributed by atoms with E-state index in [1.165, 1.54) is 4.68 Å². The molecule has 2 aromatic rings. The molecular formula is C13H14ClN3O2. The van der Waals surface area contributed by atoms with E-state index in [2.05, 4.69) is 5.10 Å². The summed E-state index contributed by atoms with van der Waals surface area (Å²) in [6.45, 7) is 3.83. The number of rotatable bonds is 3. The van der Waals surface area contributed by atoms with E-state index in [0.717, 1.165) is 0 Å². The third kappa shape index (κ3) is 2.56. The van der Waals surface area contributed by atoms with Crippen molar-refractivity contribution in [3.63, 3.8) is 0 Å². The van der Waals surface area contributed by atoms with Crippen LogP contribution < -0.4 is 5.73 Å². The van der Waals surface area contributed by atoms with Crippen molar-refractivity contribution in [1.82, 2.24) is 9.78 Å². The second kappa shape index (κ2) is 5.32. The van der Waals surface area contributed by atoms with E-state index < -0.39 is 5.97 Å². The van der Waals surface area contributed by atoms with E-state index in [1.54, 1.807) is 38.2 Å². The van der Waals surface area contributed by atoms with Crippen LogP contribution in [-0.2, 0) is 4.74 Å². The quantitative estimate of drug-likeness (QED) is 0.692. The lowest BCUT2D eigenvalue weighted by atomic mass is 10.1. The highest BCUT2D eigenvalue weighted by Gasteiger charge is 2.17. The molecule has 0 atom stereocenters. The van der Waals surface area contributed by atoms with Crippen molar-refractivity contribution in [1.29, 1.82) is 0 Å². The number of halogens is 1. The second-order valence-corrected chi connectivity index (χ2v) is 4.38. The predicted molar refractivity (Wildman–Crippen MR) is 73.7 cm³/mol. The van der Waals surface area contributed by atoms with Gasteiger partial charge in [0.1, 0.15) is 5.69 Å². The van der Waals surface area contributed by atoms with Gasteiger partial charge in [-0.15, -0.1) is 0 Å². The maximum atomic E-state index is 11.9.